The second-order valence-corrected chi connectivity index (χ2v) is 8.43. The Kier molecular flexibility index (Phi) is 5.56. The zero-order chi connectivity index (χ0) is 21.4. The quantitative estimate of drug-likeness (QED) is 0.500. The van der Waals surface area contributed by atoms with Crippen LogP contribution < -0.4 is 15.4 Å². The van der Waals surface area contributed by atoms with Gasteiger partial charge in [-0.1, -0.05) is 25.1 Å². The number of ketones is 1. The van der Waals surface area contributed by atoms with Gasteiger partial charge in [0.05, 0.1) is 36.1 Å². The van der Waals surface area contributed by atoms with Gasteiger partial charge in [-0.15, -0.1) is 0 Å². The molecule has 1 aliphatic carbocycles. The van der Waals surface area contributed by atoms with Gasteiger partial charge in [0.1, 0.15) is 11.7 Å². The minimum atomic E-state index is -0.817. The number of benzene rings is 2. The van der Waals surface area contributed by atoms with E-state index in [1.54, 1.807) is 7.11 Å². The number of halogens is 1. The molecule has 0 saturated heterocycles. The van der Waals surface area contributed by atoms with Gasteiger partial charge >= 0.3 is 5.97 Å². The summed E-state index contributed by atoms with van der Waals surface area (Å²) in [6, 6.07) is 13.1. The normalized spacial score (nSPS) is 22.8. The van der Waals surface area contributed by atoms with Crippen LogP contribution in [-0.4, -0.2) is 26.0 Å². The molecule has 2 aliphatic rings. The molecule has 0 saturated carbocycles. The molecule has 30 heavy (non-hydrogen) atoms. The van der Waals surface area contributed by atoms with Crippen LogP contribution in [0, 0.1) is 11.8 Å². The fourth-order valence-corrected chi connectivity index (χ4v) is 4.80. The van der Waals surface area contributed by atoms with E-state index in [1.165, 1.54) is 7.11 Å². The highest BCUT2D eigenvalue weighted by Crippen LogP contribution is 2.44. The van der Waals surface area contributed by atoms with Gasteiger partial charge in [0, 0.05) is 11.3 Å². The van der Waals surface area contributed by atoms with Crippen molar-refractivity contribution in [2.24, 2.45) is 11.8 Å². The molecule has 0 aromatic heterocycles. The van der Waals surface area contributed by atoms with E-state index in [0.717, 1.165) is 27.1 Å². The summed E-state index contributed by atoms with van der Waals surface area (Å²) in [6.07, 6.45) is 0.574. The molecule has 6 nitrogen and oxygen atoms in total. The maximum Gasteiger partial charge on any atom is 0.316 e. The summed E-state index contributed by atoms with van der Waals surface area (Å²) in [5.41, 5.74) is 4.08. The molecule has 0 bridgehead atoms. The Hall–Kier alpha value is -2.80. The number of carbonyl (C=O) groups excluding carboxylic acids is 2. The van der Waals surface area contributed by atoms with Crippen LogP contribution in [0.2, 0.25) is 0 Å². The zero-order valence-electron chi connectivity index (χ0n) is 17.0. The van der Waals surface area contributed by atoms with Crippen LogP contribution in [0.4, 0.5) is 11.4 Å². The minimum Gasteiger partial charge on any atom is -0.496 e. The summed E-state index contributed by atoms with van der Waals surface area (Å²) in [5, 5.41) is 6.95. The van der Waals surface area contributed by atoms with Crippen molar-refractivity contribution in [1.82, 2.24) is 0 Å². The second kappa shape index (κ2) is 8.14. The summed E-state index contributed by atoms with van der Waals surface area (Å²) >= 11 is 3.54. The first kappa shape index (κ1) is 20.5. The van der Waals surface area contributed by atoms with Crippen LogP contribution in [0.25, 0.3) is 0 Å². The number of hydrogen-bond donors (Lipinski definition) is 2. The fraction of sp³-hybridized carbons (Fsp3) is 0.304. The van der Waals surface area contributed by atoms with Crippen molar-refractivity contribution in [3.63, 3.8) is 0 Å². The maximum absolute atomic E-state index is 13.6. The Morgan fingerprint density at radius 1 is 1.13 bits per heavy atom. The highest BCUT2D eigenvalue weighted by molar-refractivity contribution is 9.10. The lowest BCUT2D eigenvalue weighted by Crippen LogP contribution is -2.39. The van der Waals surface area contributed by atoms with E-state index >= 15 is 0 Å². The first-order chi connectivity index (χ1) is 14.4. The molecule has 7 heteroatoms. The van der Waals surface area contributed by atoms with Crippen molar-refractivity contribution < 1.29 is 19.1 Å². The fourth-order valence-electron chi connectivity index (χ4n) is 4.25. The van der Waals surface area contributed by atoms with Gasteiger partial charge in [0.2, 0.25) is 0 Å². The Labute approximate surface area is 183 Å². The molecule has 0 unspecified atom stereocenters. The topological polar surface area (TPSA) is 76.7 Å². The van der Waals surface area contributed by atoms with E-state index in [2.05, 4.69) is 26.6 Å². The molecular weight excluding hydrogens is 448 g/mol. The molecule has 3 atom stereocenters. The van der Waals surface area contributed by atoms with Crippen LogP contribution in [0.15, 0.2) is 58.2 Å². The number of esters is 1. The second-order valence-electron chi connectivity index (χ2n) is 7.58. The van der Waals surface area contributed by atoms with Gasteiger partial charge in [0.25, 0.3) is 0 Å². The number of Topliss-reactive ketones (excluding diaryl/α,β-unsaturated/α-hetero) is 1. The van der Waals surface area contributed by atoms with Crippen LogP contribution in [0.3, 0.4) is 0 Å². The van der Waals surface area contributed by atoms with Crippen LogP contribution in [0.5, 0.6) is 5.75 Å². The van der Waals surface area contributed by atoms with Crippen molar-refractivity contribution in [3.8, 4) is 5.75 Å². The van der Waals surface area contributed by atoms with Gasteiger partial charge in [-0.3, -0.25) is 9.59 Å². The number of hydrogen-bond acceptors (Lipinski definition) is 6. The van der Waals surface area contributed by atoms with Gasteiger partial charge in [-0.2, -0.15) is 0 Å². The first-order valence-corrected chi connectivity index (χ1v) is 10.5. The zero-order valence-corrected chi connectivity index (χ0v) is 18.6. The van der Waals surface area contributed by atoms with E-state index in [0.29, 0.717) is 17.7 Å². The monoisotopic (exact) mass is 470 g/mol. The van der Waals surface area contributed by atoms with Crippen molar-refractivity contribution >= 4 is 39.1 Å². The number of nitrogens with one attached hydrogen (secondary N) is 2. The Morgan fingerprint density at radius 2 is 1.87 bits per heavy atom. The molecule has 2 aromatic rings. The van der Waals surface area contributed by atoms with E-state index in [9.17, 15) is 9.59 Å². The molecule has 2 aromatic carbocycles. The number of methoxy groups -OCH3 is 2. The molecule has 0 radical (unpaired) electrons. The standard InChI is InChI=1S/C23H23BrN2O4/c1-12-10-17-20(22(27)19(12)23(28)30-3)21(13-8-9-18(29-2)14(24)11-13)26-16-7-5-4-6-15(16)25-17/h4-9,11-12,19,21,25-26H,10H2,1-3H3/t12-,19-,21-/m0/s1. The molecule has 2 N–H and O–H groups in total. The predicted octanol–water partition coefficient (Wildman–Crippen LogP) is 4.69. The number of para-hydroxylation sites is 2. The average Bonchev–Trinajstić information content (AvgIpc) is 2.90. The Bertz CT molecular complexity index is 1050. The highest BCUT2D eigenvalue weighted by atomic mass is 79.9. The molecule has 156 valence electrons. The van der Waals surface area contributed by atoms with Crippen molar-refractivity contribution in [3.05, 3.63) is 63.8 Å². The lowest BCUT2D eigenvalue weighted by Gasteiger charge is -2.32. The summed E-state index contributed by atoms with van der Waals surface area (Å²) in [5.74, 6) is -0.973. The third-order valence-corrected chi connectivity index (χ3v) is 6.35. The van der Waals surface area contributed by atoms with Gasteiger partial charge < -0.3 is 20.1 Å². The third kappa shape index (κ3) is 3.47. The predicted molar refractivity (Wildman–Crippen MR) is 118 cm³/mol. The molecule has 0 spiro atoms. The lowest BCUT2D eigenvalue weighted by molar-refractivity contribution is -0.151. The number of carbonyl (C=O) groups is 2. The van der Waals surface area contributed by atoms with Gasteiger partial charge in [0.15, 0.2) is 5.78 Å². The van der Waals surface area contributed by atoms with Gasteiger partial charge in [-0.25, -0.2) is 0 Å². The summed E-state index contributed by atoms with van der Waals surface area (Å²) in [4.78, 5) is 26.0. The van der Waals surface area contributed by atoms with Crippen LogP contribution in [0.1, 0.15) is 24.9 Å². The molecule has 0 fully saturated rings. The number of fused-ring (bicyclic) bond motifs is 1. The smallest absolute Gasteiger partial charge is 0.316 e. The molecule has 0 amide bonds. The summed E-state index contributed by atoms with van der Waals surface area (Å²) in [6.45, 7) is 1.91. The van der Waals surface area contributed by atoms with E-state index < -0.39 is 17.9 Å². The van der Waals surface area contributed by atoms with Gasteiger partial charge in [-0.05, 0) is 58.1 Å². The Morgan fingerprint density at radius 3 is 2.53 bits per heavy atom. The highest BCUT2D eigenvalue weighted by Gasteiger charge is 2.44. The van der Waals surface area contributed by atoms with Crippen molar-refractivity contribution in [1.29, 1.82) is 0 Å². The SMILES string of the molecule is COC(=O)[C@@H]1C(=O)C2=C(C[C@@H]1C)Nc1ccccc1N[C@H]2c1ccc(OC)c(Br)c1. The number of rotatable bonds is 3. The molecule has 1 aliphatic heterocycles. The van der Waals surface area contributed by atoms with Crippen LogP contribution in [-0.2, 0) is 14.3 Å². The minimum absolute atomic E-state index is 0.162. The van der Waals surface area contributed by atoms with Crippen LogP contribution >= 0.6 is 15.9 Å². The average molecular weight is 471 g/mol. The third-order valence-electron chi connectivity index (χ3n) is 5.73. The number of allylic oxidation sites excluding steroid dienone is 1. The molecule has 1 heterocycles. The van der Waals surface area contributed by atoms with Crippen molar-refractivity contribution in [2.75, 3.05) is 24.9 Å². The van der Waals surface area contributed by atoms with Crippen molar-refractivity contribution in [2.45, 2.75) is 19.4 Å². The number of ether oxygens (including phenoxy) is 2. The van der Waals surface area contributed by atoms with E-state index in [1.807, 2.05) is 49.4 Å². The molecular formula is C23H23BrN2O4. The maximum atomic E-state index is 13.6. The lowest BCUT2D eigenvalue weighted by atomic mass is 9.75. The first-order valence-electron chi connectivity index (χ1n) is 9.75. The van der Waals surface area contributed by atoms with E-state index in [-0.39, 0.29) is 11.7 Å². The van der Waals surface area contributed by atoms with E-state index in [4.69, 9.17) is 9.47 Å². The Balaban J connectivity index is 1.87. The summed E-state index contributed by atoms with van der Waals surface area (Å²) < 4.78 is 11.1. The summed E-state index contributed by atoms with van der Waals surface area (Å²) in [7, 11) is 2.93. The largest absolute Gasteiger partial charge is 0.496 e. The number of anilines is 2. The molecule has 4 rings (SSSR count).